The van der Waals surface area contributed by atoms with Crippen molar-refractivity contribution in [2.75, 3.05) is 7.05 Å². The van der Waals surface area contributed by atoms with Gasteiger partial charge in [0, 0.05) is 36.2 Å². The lowest BCUT2D eigenvalue weighted by molar-refractivity contribution is 0.112. The first-order valence-electron chi connectivity index (χ1n) is 7.85. The monoisotopic (exact) mass is 260 g/mol. The highest BCUT2D eigenvalue weighted by Crippen LogP contribution is 2.38. The van der Waals surface area contributed by atoms with Crippen LogP contribution in [-0.2, 0) is 6.42 Å². The maximum absolute atomic E-state index is 5.64. The highest BCUT2D eigenvalue weighted by atomic mass is 16.3. The zero-order valence-corrected chi connectivity index (χ0v) is 11.8. The molecule has 3 nitrogen and oxygen atoms in total. The Kier molecular flexibility index (Phi) is 2.92. The summed E-state index contributed by atoms with van der Waals surface area (Å²) >= 11 is 0. The van der Waals surface area contributed by atoms with E-state index in [2.05, 4.69) is 23.3 Å². The van der Waals surface area contributed by atoms with E-state index in [1.165, 1.54) is 49.8 Å². The SMILES string of the molecule is CN(C1CC2CCC(C1)N2)C1CCCc2occc21. The molecule has 2 fully saturated rings. The summed E-state index contributed by atoms with van der Waals surface area (Å²) in [5.41, 5.74) is 1.46. The van der Waals surface area contributed by atoms with E-state index >= 15 is 0 Å². The molecule has 19 heavy (non-hydrogen) atoms. The molecule has 0 radical (unpaired) electrons. The predicted octanol–water partition coefficient (Wildman–Crippen LogP) is 2.87. The Morgan fingerprint density at radius 3 is 2.79 bits per heavy atom. The minimum absolute atomic E-state index is 0.588. The summed E-state index contributed by atoms with van der Waals surface area (Å²) in [5.74, 6) is 1.24. The van der Waals surface area contributed by atoms with E-state index in [1.54, 1.807) is 0 Å². The van der Waals surface area contributed by atoms with E-state index in [1.807, 2.05) is 6.26 Å². The molecular weight excluding hydrogens is 236 g/mol. The predicted molar refractivity (Wildman–Crippen MR) is 75.1 cm³/mol. The van der Waals surface area contributed by atoms with Crippen LogP contribution in [0.4, 0.5) is 0 Å². The van der Waals surface area contributed by atoms with E-state index in [9.17, 15) is 0 Å². The van der Waals surface area contributed by atoms with Gasteiger partial charge >= 0.3 is 0 Å². The van der Waals surface area contributed by atoms with Crippen molar-refractivity contribution >= 4 is 0 Å². The number of nitrogens with one attached hydrogen (secondary N) is 1. The average Bonchev–Trinajstić information content (AvgIpc) is 3.04. The number of hydrogen-bond acceptors (Lipinski definition) is 3. The van der Waals surface area contributed by atoms with Crippen LogP contribution >= 0.6 is 0 Å². The summed E-state index contributed by atoms with van der Waals surface area (Å²) in [7, 11) is 2.34. The van der Waals surface area contributed by atoms with Crippen molar-refractivity contribution in [1.29, 1.82) is 0 Å². The average molecular weight is 260 g/mol. The Morgan fingerprint density at radius 2 is 2.00 bits per heavy atom. The van der Waals surface area contributed by atoms with Crippen LogP contribution in [0.25, 0.3) is 0 Å². The van der Waals surface area contributed by atoms with Gasteiger partial charge in [-0.3, -0.25) is 4.90 Å². The number of nitrogens with zero attached hydrogens (tertiary/aromatic N) is 1. The molecule has 3 atom stereocenters. The number of fused-ring (bicyclic) bond motifs is 3. The molecule has 104 valence electrons. The molecule has 3 unspecified atom stereocenters. The zero-order chi connectivity index (χ0) is 12.8. The fraction of sp³-hybridized carbons (Fsp3) is 0.750. The Balaban J connectivity index is 1.54. The molecule has 1 aromatic heterocycles. The number of piperidine rings is 1. The topological polar surface area (TPSA) is 28.4 Å². The summed E-state index contributed by atoms with van der Waals surface area (Å²) in [6.45, 7) is 0. The smallest absolute Gasteiger partial charge is 0.108 e. The Labute approximate surface area is 115 Å². The third-order valence-electron chi connectivity index (χ3n) is 5.54. The van der Waals surface area contributed by atoms with Gasteiger partial charge in [0.15, 0.2) is 0 Å². The van der Waals surface area contributed by atoms with Crippen molar-refractivity contribution in [3.63, 3.8) is 0 Å². The summed E-state index contributed by atoms with van der Waals surface area (Å²) in [4.78, 5) is 2.65. The molecule has 0 aromatic carbocycles. The molecule has 3 heteroatoms. The molecule has 1 aromatic rings. The third-order valence-corrected chi connectivity index (χ3v) is 5.54. The lowest BCUT2D eigenvalue weighted by atomic mass is 9.89. The molecule has 3 aliphatic rings. The normalized spacial score (nSPS) is 37.6. The maximum Gasteiger partial charge on any atom is 0.108 e. The molecule has 0 amide bonds. The van der Waals surface area contributed by atoms with Crippen molar-refractivity contribution in [3.8, 4) is 0 Å². The van der Waals surface area contributed by atoms with Crippen LogP contribution in [0, 0.1) is 0 Å². The molecule has 1 aliphatic carbocycles. The van der Waals surface area contributed by atoms with Crippen molar-refractivity contribution in [3.05, 3.63) is 23.7 Å². The minimum atomic E-state index is 0.588. The van der Waals surface area contributed by atoms with Crippen LogP contribution in [0.1, 0.15) is 55.9 Å². The highest BCUT2D eigenvalue weighted by Gasteiger charge is 2.38. The van der Waals surface area contributed by atoms with Gasteiger partial charge in [-0.15, -0.1) is 0 Å². The van der Waals surface area contributed by atoms with Crippen molar-refractivity contribution in [1.82, 2.24) is 10.2 Å². The van der Waals surface area contributed by atoms with Gasteiger partial charge in [0.25, 0.3) is 0 Å². The molecular formula is C16H24N2O. The number of furan rings is 1. The molecule has 2 bridgehead atoms. The summed E-state index contributed by atoms with van der Waals surface area (Å²) < 4.78 is 5.64. The van der Waals surface area contributed by atoms with Crippen LogP contribution in [0.15, 0.2) is 16.7 Å². The molecule has 3 heterocycles. The van der Waals surface area contributed by atoms with Gasteiger partial charge in [-0.05, 0) is 51.6 Å². The van der Waals surface area contributed by atoms with Gasteiger partial charge in [0.1, 0.15) is 5.76 Å². The molecule has 2 aliphatic heterocycles. The lowest BCUT2D eigenvalue weighted by Crippen LogP contribution is -2.48. The van der Waals surface area contributed by atoms with Crippen LogP contribution in [0.2, 0.25) is 0 Å². The first-order valence-corrected chi connectivity index (χ1v) is 7.85. The third kappa shape index (κ3) is 2.03. The van der Waals surface area contributed by atoms with Gasteiger partial charge in [-0.25, -0.2) is 0 Å². The van der Waals surface area contributed by atoms with Crippen LogP contribution in [0.3, 0.4) is 0 Å². The standard InChI is InChI=1S/C16H24N2O/c1-18(13-9-11-5-6-12(10-13)17-11)15-3-2-4-16-14(15)7-8-19-16/h7-8,11-13,15,17H,2-6,9-10H2,1H3. The molecule has 4 rings (SSSR count). The number of hydrogen-bond donors (Lipinski definition) is 1. The van der Waals surface area contributed by atoms with E-state index in [4.69, 9.17) is 4.42 Å². The van der Waals surface area contributed by atoms with Crippen molar-refractivity contribution in [2.45, 2.75) is 69.1 Å². The Bertz CT molecular complexity index is 443. The van der Waals surface area contributed by atoms with Gasteiger partial charge < -0.3 is 9.73 Å². The van der Waals surface area contributed by atoms with Crippen molar-refractivity contribution in [2.24, 2.45) is 0 Å². The fourth-order valence-corrected chi connectivity index (χ4v) is 4.50. The molecule has 2 saturated heterocycles. The van der Waals surface area contributed by atoms with E-state index in [-0.39, 0.29) is 0 Å². The second-order valence-electron chi connectivity index (χ2n) is 6.64. The van der Waals surface area contributed by atoms with Crippen LogP contribution < -0.4 is 5.32 Å². The lowest BCUT2D eigenvalue weighted by Gasteiger charge is -2.41. The van der Waals surface area contributed by atoms with Gasteiger partial charge in [-0.1, -0.05) is 0 Å². The molecule has 0 saturated carbocycles. The highest BCUT2D eigenvalue weighted by molar-refractivity contribution is 5.24. The van der Waals surface area contributed by atoms with Gasteiger partial charge in [0.05, 0.1) is 6.26 Å². The largest absolute Gasteiger partial charge is 0.469 e. The van der Waals surface area contributed by atoms with Crippen LogP contribution in [0.5, 0.6) is 0 Å². The first-order chi connectivity index (χ1) is 9.31. The Hall–Kier alpha value is -0.800. The van der Waals surface area contributed by atoms with Crippen molar-refractivity contribution < 1.29 is 4.42 Å². The second-order valence-corrected chi connectivity index (χ2v) is 6.64. The first kappa shape index (κ1) is 12.0. The summed E-state index contributed by atoms with van der Waals surface area (Å²) in [5, 5.41) is 3.75. The number of rotatable bonds is 2. The quantitative estimate of drug-likeness (QED) is 0.886. The van der Waals surface area contributed by atoms with E-state index < -0.39 is 0 Å². The fourth-order valence-electron chi connectivity index (χ4n) is 4.50. The van der Waals surface area contributed by atoms with E-state index in [0.717, 1.165) is 24.5 Å². The maximum atomic E-state index is 5.64. The molecule has 0 spiro atoms. The van der Waals surface area contributed by atoms with Gasteiger partial charge in [0.2, 0.25) is 0 Å². The second kappa shape index (κ2) is 4.64. The van der Waals surface area contributed by atoms with E-state index in [0.29, 0.717) is 6.04 Å². The van der Waals surface area contributed by atoms with Gasteiger partial charge in [-0.2, -0.15) is 0 Å². The molecule has 1 N–H and O–H groups in total. The van der Waals surface area contributed by atoms with Crippen LogP contribution in [-0.4, -0.2) is 30.1 Å². The number of aryl methyl sites for hydroxylation is 1. The Morgan fingerprint density at radius 1 is 1.21 bits per heavy atom. The zero-order valence-electron chi connectivity index (χ0n) is 11.8. The minimum Gasteiger partial charge on any atom is -0.469 e. The summed E-state index contributed by atoms with van der Waals surface area (Å²) in [6, 6.07) is 5.09. The summed E-state index contributed by atoms with van der Waals surface area (Å²) in [6.07, 6.45) is 11.0.